The van der Waals surface area contributed by atoms with Gasteiger partial charge in [0.2, 0.25) is 5.91 Å². The van der Waals surface area contributed by atoms with E-state index < -0.39 is 0 Å². The van der Waals surface area contributed by atoms with Crippen molar-refractivity contribution in [3.05, 3.63) is 99.3 Å². The van der Waals surface area contributed by atoms with Crippen LogP contribution in [0.3, 0.4) is 0 Å². The van der Waals surface area contributed by atoms with E-state index in [0.717, 1.165) is 30.5 Å². The Morgan fingerprint density at radius 3 is 2.59 bits per heavy atom. The molecule has 4 rings (SSSR count). The highest BCUT2D eigenvalue weighted by atomic mass is 35.5. The number of fused-ring (bicyclic) bond motifs is 1. The number of hydrogen-bond donors (Lipinski definition) is 1. The summed E-state index contributed by atoms with van der Waals surface area (Å²) in [4.78, 5) is 30.6. The molecular formula is C27H26ClN3O2S. The summed E-state index contributed by atoms with van der Waals surface area (Å²) in [6, 6.07) is 22.6. The minimum absolute atomic E-state index is 0.137. The number of nitrogens with one attached hydrogen (secondary N) is 1. The van der Waals surface area contributed by atoms with E-state index in [1.165, 1.54) is 17.3 Å². The second kappa shape index (κ2) is 11.4. The van der Waals surface area contributed by atoms with Crippen LogP contribution in [-0.2, 0) is 17.8 Å². The summed E-state index contributed by atoms with van der Waals surface area (Å²) in [6.45, 7) is 2.49. The molecule has 0 aliphatic carbocycles. The standard InChI is InChI=1S/C27H26ClN3O2S/c1-2-3-7-19-12-14-22(15-13-19)29-25(32)18-34-27-30-24-11-5-4-10-23(24)26(33)31(27)17-20-8-6-9-21(28)16-20/h4-6,8-16H,2-3,7,17-18H2,1H3,(H,29,32). The predicted molar refractivity (Wildman–Crippen MR) is 141 cm³/mol. The fraction of sp³-hybridized carbons (Fsp3) is 0.222. The molecule has 4 aromatic rings. The molecule has 0 unspecified atom stereocenters. The van der Waals surface area contributed by atoms with E-state index in [-0.39, 0.29) is 17.2 Å². The van der Waals surface area contributed by atoms with Gasteiger partial charge in [-0.15, -0.1) is 0 Å². The van der Waals surface area contributed by atoms with Gasteiger partial charge < -0.3 is 5.32 Å². The number of amides is 1. The van der Waals surface area contributed by atoms with E-state index in [1.807, 2.05) is 60.7 Å². The number of thioether (sulfide) groups is 1. The van der Waals surface area contributed by atoms with Crippen LogP contribution in [0.15, 0.2) is 82.7 Å². The molecule has 0 saturated heterocycles. The number of anilines is 1. The van der Waals surface area contributed by atoms with Gasteiger partial charge in [0.05, 0.1) is 23.2 Å². The maximum Gasteiger partial charge on any atom is 0.262 e. The van der Waals surface area contributed by atoms with Gasteiger partial charge in [-0.05, 0) is 60.4 Å². The number of rotatable bonds is 9. The lowest BCUT2D eigenvalue weighted by molar-refractivity contribution is -0.113. The SMILES string of the molecule is CCCCc1ccc(NC(=O)CSc2nc3ccccc3c(=O)n2Cc2cccc(Cl)c2)cc1. The van der Waals surface area contributed by atoms with E-state index in [9.17, 15) is 9.59 Å². The average molecular weight is 492 g/mol. The second-order valence-electron chi connectivity index (χ2n) is 8.07. The zero-order chi connectivity index (χ0) is 23.9. The van der Waals surface area contributed by atoms with Gasteiger partial charge in [0.1, 0.15) is 0 Å². The lowest BCUT2D eigenvalue weighted by Crippen LogP contribution is -2.25. The Balaban J connectivity index is 1.52. The fourth-order valence-corrected chi connectivity index (χ4v) is 4.69. The van der Waals surface area contributed by atoms with Gasteiger partial charge >= 0.3 is 0 Å². The molecule has 0 aliphatic heterocycles. The highest BCUT2D eigenvalue weighted by Crippen LogP contribution is 2.21. The smallest absolute Gasteiger partial charge is 0.262 e. The number of aromatic nitrogens is 2. The first-order chi connectivity index (χ1) is 16.5. The summed E-state index contributed by atoms with van der Waals surface area (Å²) in [5.74, 6) is -0.0132. The second-order valence-corrected chi connectivity index (χ2v) is 9.45. The van der Waals surface area contributed by atoms with Crippen molar-refractivity contribution in [3.63, 3.8) is 0 Å². The molecule has 3 aromatic carbocycles. The topological polar surface area (TPSA) is 64.0 Å². The van der Waals surface area contributed by atoms with Gasteiger partial charge in [-0.3, -0.25) is 14.2 Å². The Morgan fingerprint density at radius 2 is 1.82 bits per heavy atom. The number of para-hydroxylation sites is 1. The summed E-state index contributed by atoms with van der Waals surface area (Å²) in [7, 11) is 0. The molecule has 0 aliphatic rings. The Bertz CT molecular complexity index is 1350. The monoisotopic (exact) mass is 491 g/mol. The van der Waals surface area contributed by atoms with Gasteiger partial charge in [-0.1, -0.05) is 73.1 Å². The third-order valence-corrected chi connectivity index (χ3v) is 6.66. The highest BCUT2D eigenvalue weighted by molar-refractivity contribution is 7.99. The van der Waals surface area contributed by atoms with Crippen molar-refractivity contribution in [2.45, 2.75) is 37.9 Å². The summed E-state index contributed by atoms with van der Waals surface area (Å²) < 4.78 is 1.61. The van der Waals surface area contributed by atoms with E-state index in [1.54, 1.807) is 16.7 Å². The van der Waals surface area contributed by atoms with Crippen LogP contribution in [0, 0.1) is 0 Å². The number of aryl methyl sites for hydroxylation is 1. The zero-order valence-corrected chi connectivity index (χ0v) is 20.5. The minimum atomic E-state index is -0.150. The molecule has 0 bridgehead atoms. The summed E-state index contributed by atoms with van der Waals surface area (Å²) in [5.41, 5.74) is 3.38. The van der Waals surface area contributed by atoms with Crippen molar-refractivity contribution in [3.8, 4) is 0 Å². The first kappa shape index (κ1) is 24.0. The number of hydrogen-bond acceptors (Lipinski definition) is 4. The molecule has 34 heavy (non-hydrogen) atoms. The molecule has 174 valence electrons. The number of benzene rings is 3. The van der Waals surface area contributed by atoms with Gasteiger partial charge in [0.15, 0.2) is 5.16 Å². The molecule has 0 saturated carbocycles. The summed E-state index contributed by atoms with van der Waals surface area (Å²) in [6.07, 6.45) is 3.34. The maximum atomic E-state index is 13.3. The minimum Gasteiger partial charge on any atom is -0.325 e. The number of carbonyl (C=O) groups is 1. The third-order valence-electron chi connectivity index (χ3n) is 5.45. The molecule has 1 N–H and O–H groups in total. The molecule has 0 spiro atoms. The largest absolute Gasteiger partial charge is 0.325 e. The first-order valence-corrected chi connectivity index (χ1v) is 12.7. The third kappa shape index (κ3) is 6.07. The Hall–Kier alpha value is -3.09. The molecule has 7 heteroatoms. The Labute approximate surface area is 208 Å². The number of carbonyl (C=O) groups excluding carboxylic acids is 1. The molecule has 1 aromatic heterocycles. The maximum absolute atomic E-state index is 13.3. The van der Waals surface area contributed by atoms with Crippen molar-refractivity contribution in [2.75, 3.05) is 11.1 Å². The van der Waals surface area contributed by atoms with Crippen LogP contribution in [-0.4, -0.2) is 21.2 Å². The van der Waals surface area contributed by atoms with Crippen molar-refractivity contribution in [1.29, 1.82) is 0 Å². The first-order valence-electron chi connectivity index (χ1n) is 11.3. The van der Waals surface area contributed by atoms with Crippen LogP contribution < -0.4 is 10.9 Å². The molecular weight excluding hydrogens is 466 g/mol. The quantitative estimate of drug-likeness (QED) is 0.224. The van der Waals surface area contributed by atoms with Crippen LogP contribution in [0.1, 0.15) is 30.9 Å². The van der Waals surface area contributed by atoms with Crippen LogP contribution in [0.5, 0.6) is 0 Å². The van der Waals surface area contributed by atoms with Crippen LogP contribution in [0.4, 0.5) is 5.69 Å². The van der Waals surface area contributed by atoms with Gasteiger partial charge in [-0.2, -0.15) is 0 Å². The molecule has 0 atom stereocenters. The van der Waals surface area contributed by atoms with Gasteiger partial charge in [0.25, 0.3) is 5.56 Å². The predicted octanol–water partition coefficient (Wildman–Crippen LogP) is 6.17. The Morgan fingerprint density at radius 1 is 1.03 bits per heavy atom. The molecule has 5 nitrogen and oxygen atoms in total. The van der Waals surface area contributed by atoms with Crippen LogP contribution in [0.2, 0.25) is 5.02 Å². The average Bonchev–Trinajstić information content (AvgIpc) is 2.84. The summed E-state index contributed by atoms with van der Waals surface area (Å²) in [5, 5.41) is 4.57. The number of nitrogens with zero attached hydrogens (tertiary/aromatic N) is 2. The normalized spacial score (nSPS) is 11.0. The zero-order valence-electron chi connectivity index (χ0n) is 19.0. The lowest BCUT2D eigenvalue weighted by atomic mass is 10.1. The van der Waals surface area contributed by atoms with Crippen molar-refractivity contribution < 1.29 is 4.79 Å². The summed E-state index contributed by atoms with van der Waals surface area (Å²) >= 11 is 7.39. The van der Waals surface area contributed by atoms with E-state index in [0.29, 0.717) is 27.6 Å². The molecule has 0 fully saturated rings. The van der Waals surface area contributed by atoms with Gasteiger partial charge in [-0.25, -0.2) is 4.98 Å². The number of halogens is 1. The molecule has 0 radical (unpaired) electrons. The van der Waals surface area contributed by atoms with Crippen LogP contribution >= 0.6 is 23.4 Å². The highest BCUT2D eigenvalue weighted by Gasteiger charge is 2.14. The number of unbranched alkanes of at least 4 members (excludes halogenated alkanes) is 1. The van der Waals surface area contributed by atoms with E-state index >= 15 is 0 Å². The lowest BCUT2D eigenvalue weighted by Gasteiger charge is -2.13. The van der Waals surface area contributed by atoms with Crippen molar-refractivity contribution in [1.82, 2.24) is 9.55 Å². The molecule has 1 heterocycles. The van der Waals surface area contributed by atoms with Crippen LogP contribution in [0.25, 0.3) is 10.9 Å². The fourth-order valence-electron chi connectivity index (χ4n) is 3.68. The van der Waals surface area contributed by atoms with Crippen molar-refractivity contribution in [2.24, 2.45) is 0 Å². The van der Waals surface area contributed by atoms with Crippen molar-refractivity contribution >= 4 is 45.9 Å². The Kier molecular flexibility index (Phi) is 8.03. The van der Waals surface area contributed by atoms with Gasteiger partial charge in [0, 0.05) is 10.7 Å². The van der Waals surface area contributed by atoms with E-state index in [4.69, 9.17) is 11.6 Å². The molecule has 1 amide bonds. The van der Waals surface area contributed by atoms with E-state index in [2.05, 4.69) is 17.2 Å².